The van der Waals surface area contributed by atoms with Crippen LogP contribution in [0.2, 0.25) is 0 Å². The number of hydrogen-bond donors (Lipinski definition) is 2. The Morgan fingerprint density at radius 1 is 1.15 bits per heavy atom. The first-order valence-corrected chi connectivity index (χ1v) is 14.4. The highest BCUT2D eigenvalue weighted by Gasteiger charge is 2.77. The third-order valence-electron chi connectivity index (χ3n) is 9.84. The van der Waals surface area contributed by atoms with Crippen LogP contribution in [0.3, 0.4) is 0 Å². The zero-order valence-corrected chi connectivity index (χ0v) is 24.1. The van der Waals surface area contributed by atoms with Gasteiger partial charge in [0.1, 0.15) is 0 Å². The molecule has 7 nitrogen and oxygen atoms in total. The highest BCUT2D eigenvalue weighted by molar-refractivity contribution is 5.95. The molecule has 214 valence electrons. The van der Waals surface area contributed by atoms with Gasteiger partial charge in [0.2, 0.25) is 0 Å². The number of allylic oxidation sites excluding steroid dienone is 4. The van der Waals surface area contributed by atoms with E-state index in [1.54, 1.807) is 31.2 Å². The van der Waals surface area contributed by atoms with Gasteiger partial charge in [-0.2, -0.15) is 0 Å². The Kier molecular flexibility index (Phi) is 8.17. The fourth-order valence-corrected chi connectivity index (χ4v) is 7.88. The smallest absolute Gasteiger partial charge is 0.331 e. The Balaban J connectivity index is 1.74. The Morgan fingerprint density at radius 3 is 2.51 bits per heavy atom. The van der Waals surface area contributed by atoms with Gasteiger partial charge in [0, 0.05) is 18.9 Å². The molecule has 0 heterocycles. The van der Waals surface area contributed by atoms with E-state index < -0.39 is 47.7 Å². The van der Waals surface area contributed by atoms with Gasteiger partial charge in [-0.3, -0.25) is 9.59 Å². The van der Waals surface area contributed by atoms with Gasteiger partial charge in [-0.05, 0) is 60.5 Å². The van der Waals surface area contributed by atoms with Crippen LogP contribution in [0.5, 0.6) is 0 Å². The average molecular weight is 541 g/mol. The van der Waals surface area contributed by atoms with Crippen LogP contribution in [0.15, 0.2) is 47.6 Å². The molecule has 39 heavy (non-hydrogen) atoms. The number of ketones is 1. The molecule has 2 bridgehead atoms. The van der Waals surface area contributed by atoms with E-state index in [1.807, 2.05) is 13.0 Å². The number of aliphatic hydroxyl groups is 2. The van der Waals surface area contributed by atoms with Crippen LogP contribution in [0.1, 0.15) is 73.6 Å². The van der Waals surface area contributed by atoms with Crippen molar-refractivity contribution in [3.8, 4) is 0 Å². The number of esters is 2. The van der Waals surface area contributed by atoms with Crippen molar-refractivity contribution in [1.29, 1.82) is 0 Å². The SMILES string of the molecule is CCCCCC=CC=CC(=O)O[C@H]1C(C)=C[C@]23C(=O)[C@@H](C=C(CO)[C@@H](OC(C)=O)[C@]12O)[C@H]1[C@@H](C[C@H]3C)C1(C)C. The Bertz CT molecular complexity index is 1130. The third-order valence-corrected chi connectivity index (χ3v) is 9.84. The summed E-state index contributed by atoms with van der Waals surface area (Å²) in [6, 6.07) is 0. The third kappa shape index (κ3) is 4.65. The van der Waals surface area contributed by atoms with Gasteiger partial charge in [-0.25, -0.2) is 4.79 Å². The summed E-state index contributed by atoms with van der Waals surface area (Å²) in [5.74, 6) is -2.06. The fourth-order valence-electron chi connectivity index (χ4n) is 7.88. The van der Waals surface area contributed by atoms with Crippen molar-refractivity contribution in [2.45, 2.75) is 91.5 Å². The Labute approximate surface area is 232 Å². The summed E-state index contributed by atoms with van der Waals surface area (Å²) in [6.45, 7) is 10.8. The standard InChI is InChI=1S/C32H44O7/c1-7-8-9-10-11-12-13-14-25(35)39-28-19(2)17-31-20(3)15-24-26(30(24,5)6)23(27(31)36)16-22(18-33)29(32(28,31)37)38-21(4)34/h11-14,16-17,20,23-24,26,28-29,33,37H,7-10,15,18H2,1-6H3/t20-,23+,24-,26+,28+,29-,31+,32-/m1/s1. The second-order valence-electron chi connectivity index (χ2n) is 12.6. The Morgan fingerprint density at radius 2 is 1.87 bits per heavy atom. The van der Waals surface area contributed by atoms with Crippen LogP contribution in [-0.2, 0) is 23.9 Å². The number of Topliss-reactive ketones (excluding diaryl/α,β-unsaturated/α-hetero) is 1. The van der Waals surface area contributed by atoms with Gasteiger partial charge in [-0.15, -0.1) is 0 Å². The molecule has 7 heteroatoms. The number of carbonyl (C=O) groups excluding carboxylic acids is 3. The van der Waals surface area contributed by atoms with Crippen LogP contribution in [-0.4, -0.2) is 52.4 Å². The van der Waals surface area contributed by atoms with E-state index in [-0.39, 0.29) is 34.5 Å². The van der Waals surface area contributed by atoms with E-state index in [9.17, 15) is 24.6 Å². The predicted molar refractivity (Wildman–Crippen MR) is 147 cm³/mol. The van der Waals surface area contributed by atoms with Crippen LogP contribution in [0, 0.1) is 34.5 Å². The van der Waals surface area contributed by atoms with Crippen molar-refractivity contribution in [3.05, 3.63) is 47.6 Å². The summed E-state index contributed by atoms with van der Waals surface area (Å²) >= 11 is 0. The summed E-state index contributed by atoms with van der Waals surface area (Å²) in [5.41, 5.74) is -2.84. The summed E-state index contributed by atoms with van der Waals surface area (Å²) in [7, 11) is 0. The maximum Gasteiger partial charge on any atom is 0.331 e. The normalized spacial score (nSPS) is 38.4. The molecule has 1 spiro atoms. The number of hydrogen-bond acceptors (Lipinski definition) is 7. The van der Waals surface area contributed by atoms with E-state index in [4.69, 9.17) is 9.47 Å². The van der Waals surface area contributed by atoms with Gasteiger partial charge in [0.15, 0.2) is 23.6 Å². The van der Waals surface area contributed by atoms with E-state index >= 15 is 0 Å². The average Bonchev–Trinajstić information content (AvgIpc) is 3.36. The lowest BCUT2D eigenvalue weighted by molar-refractivity contribution is -0.210. The lowest BCUT2D eigenvalue weighted by atomic mass is 9.59. The summed E-state index contributed by atoms with van der Waals surface area (Å²) < 4.78 is 11.6. The van der Waals surface area contributed by atoms with Crippen molar-refractivity contribution >= 4 is 17.7 Å². The molecule has 0 saturated heterocycles. The highest BCUT2D eigenvalue weighted by Crippen LogP contribution is 2.71. The molecular weight excluding hydrogens is 496 g/mol. The first kappa shape index (κ1) is 29.5. The molecule has 0 aliphatic heterocycles. The van der Waals surface area contributed by atoms with Crippen LogP contribution < -0.4 is 0 Å². The van der Waals surface area contributed by atoms with Crippen molar-refractivity contribution < 1.29 is 34.1 Å². The van der Waals surface area contributed by atoms with E-state index in [1.165, 1.54) is 13.0 Å². The molecule has 4 rings (SSSR count). The first-order chi connectivity index (χ1) is 18.4. The number of ether oxygens (including phenoxy) is 2. The van der Waals surface area contributed by atoms with Gasteiger partial charge >= 0.3 is 11.9 Å². The first-order valence-electron chi connectivity index (χ1n) is 14.4. The predicted octanol–water partition coefficient (Wildman–Crippen LogP) is 4.63. The zero-order valence-electron chi connectivity index (χ0n) is 24.1. The minimum absolute atomic E-state index is 0.0519. The molecule has 2 fully saturated rings. The number of aliphatic hydroxyl groups excluding tert-OH is 1. The molecule has 0 aromatic heterocycles. The van der Waals surface area contributed by atoms with E-state index in [2.05, 4.69) is 20.8 Å². The number of unbranched alkanes of at least 4 members (excludes halogenated alkanes) is 3. The lowest BCUT2D eigenvalue weighted by Gasteiger charge is -2.49. The fraction of sp³-hybridized carbons (Fsp3) is 0.656. The van der Waals surface area contributed by atoms with Crippen molar-refractivity contribution in [2.75, 3.05) is 6.61 Å². The maximum absolute atomic E-state index is 14.5. The monoisotopic (exact) mass is 540 g/mol. The summed E-state index contributed by atoms with van der Waals surface area (Å²) in [4.78, 5) is 39.8. The maximum atomic E-state index is 14.5. The molecule has 4 aliphatic carbocycles. The van der Waals surface area contributed by atoms with Gasteiger partial charge < -0.3 is 19.7 Å². The van der Waals surface area contributed by atoms with Crippen LogP contribution in [0.25, 0.3) is 0 Å². The molecular formula is C32H44O7. The lowest BCUT2D eigenvalue weighted by Crippen LogP contribution is -2.66. The zero-order chi connectivity index (χ0) is 28.8. The number of fused-ring (bicyclic) bond motifs is 3. The van der Waals surface area contributed by atoms with Crippen molar-refractivity contribution in [3.63, 3.8) is 0 Å². The minimum atomic E-state index is -2.11. The van der Waals surface area contributed by atoms with Gasteiger partial charge in [0.05, 0.1) is 12.0 Å². The molecule has 0 aromatic carbocycles. The second-order valence-corrected chi connectivity index (χ2v) is 12.6. The number of rotatable bonds is 9. The molecule has 0 unspecified atom stereocenters. The summed E-state index contributed by atoms with van der Waals surface area (Å²) in [6.07, 6.45) is 12.5. The molecule has 4 aliphatic rings. The molecule has 2 saturated carbocycles. The van der Waals surface area contributed by atoms with Crippen molar-refractivity contribution in [1.82, 2.24) is 0 Å². The molecule has 0 aromatic rings. The van der Waals surface area contributed by atoms with E-state index in [0.717, 1.165) is 25.7 Å². The molecule has 2 N–H and O–H groups in total. The molecule has 8 atom stereocenters. The van der Waals surface area contributed by atoms with Gasteiger partial charge in [-0.1, -0.05) is 70.9 Å². The van der Waals surface area contributed by atoms with Crippen LogP contribution >= 0.6 is 0 Å². The minimum Gasteiger partial charge on any atom is -0.455 e. The van der Waals surface area contributed by atoms with Crippen molar-refractivity contribution in [2.24, 2.45) is 34.5 Å². The number of carbonyl (C=O) groups is 3. The van der Waals surface area contributed by atoms with E-state index in [0.29, 0.717) is 12.0 Å². The van der Waals surface area contributed by atoms with Gasteiger partial charge in [0.25, 0.3) is 0 Å². The quantitative estimate of drug-likeness (QED) is 0.144. The summed E-state index contributed by atoms with van der Waals surface area (Å²) in [5, 5.41) is 23.2. The molecule has 0 radical (unpaired) electrons. The topological polar surface area (TPSA) is 110 Å². The largest absolute Gasteiger partial charge is 0.455 e. The highest BCUT2D eigenvalue weighted by atomic mass is 16.6. The second kappa shape index (κ2) is 10.8. The molecule has 0 amide bonds. The Hall–Kier alpha value is -2.51. The van der Waals surface area contributed by atoms with Crippen LogP contribution in [0.4, 0.5) is 0 Å².